The van der Waals surface area contributed by atoms with Gasteiger partial charge in [-0.25, -0.2) is 9.37 Å². The number of aromatic nitrogens is 2. The van der Waals surface area contributed by atoms with Gasteiger partial charge in [-0.15, -0.1) is 0 Å². The standard InChI is InChI=1S/C22H23FN4O3/c1-26(2)17-7-5-4-6-15(17)12-18-25-19(20(28)22(30)27(18)3)21(29)24-13-14-8-10-16(23)11-9-14/h4-11,28H,12-13H2,1-3H3,(H,24,29). The van der Waals surface area contributed by atoms with Gasteiger partial charge in [-0.05, 0) is 29.3 Å². The summed E-state index contributed by atoms with van der Waals surface area (Å²) in [4.78, 5) is 31.3. The van der Waals surface area contributed by atoms with E-state index in [0.29, 0.717) is 17.8 Å². The molecule has 3 aromatic rings. The Kier molecular flexibility index (Phi) is 6.15. The molecule has 0 bridgehead atoms. The van der Waals surface area contributed by atoms with E-state index in [0.717, 1.165) is 11.3 Å². The van der Waals surface area contributed by atoms with Gasteiger partial charge >= 0.3 is 0 Å². The molecule has 0 spiro atoms. The molecular weight excluding hydrogens is 387 g/mol. The number of nitrogens with one attached hydrogen (secondary N) is 1. The number of benzene rings is 2. The third kappa shape index (κ3) is 4.48. The monoisotopic (exact) mass is 410 g/mol. The first kappa shape index (κ1) is 21.0. The Balaban J connectivity index is 1.89. The van der Waals surface area contributed by atoms with Crippen molar-refractivity contribution in [1.29, 1.82) is 0 Å². The number of carbonyl (C=O) groups is 1. The van der Waals surface area contributed by atoms with Crippen LogP contribution in [0.4, 0.5) is 10.1 Å². The number of rotatable bonds is 6. The van der Waals surface area contributed by atoms with Gasteiger partial charge < -0.3 is 15.3 Å². The molecule has 7 nitrogen and oxygen atoms in total. The Bertz CT molecular complexity index is 1120. The van der Waals surface area contributed by atoms with E-state index in [1.807, 2.05) is 43.3 Å². The lowest BCUT2D eigenvalue weighted by atomic mass is 10.1. The zero-order valence-corrected chi connectivity index (χ0v) is 17.0. The van der Waals surface area contributed by atoms with E-state index in [2.05, 4.69) is 10.3 Å². The lowest BCUT2D eigenvalue weighted by molar-refractivity contribution is 0.0941. The molecule has 0 saturated heterocycles. The molecule has 2 N–H and O–H groups in total. The van der Waals surface area contributed by atoms with Crippen LogP contribution >= 0.6 is 0 Å². The summed E-state index contributed by atoms with van der Waals surface area (Å²) in [6.45, 7) is 0.105. The van der Waals surface area contributed by atoms with Crippen LogP contribution in [0.3, 0.4) is 0 Å². The average Bonchev–Trinajstić information content (AvgIpc) is 2.73. The van der Waals surface area contributed by atoms with Crippen LogP contribution in [0.5, 0.6) is 5.75 Å². The molecule has 0 aliphatic carbocycles. The number of hydrogen-bond donors (Lipinski definition) is 2. The van der Waals surface area contributed by atoms with Gasteiger partial charge in [-0.1, -0.05) is 30.3 Å². The highest BCUT2D eigenvalue weighted by Gasteiger charge is 2.20. The summed E-state index contributed by atoms with van der Waals surface area (Å²) in [7, 11) is 5.33. The van der Waals surface area contributed by atoms with Gasteiger partial charge in [0.25, 0.3) is 11.5 Å². The van der Waals surface area contributed by atoms with Gasteiger partial charge in [0.05, 0.1) is 0 Å². The number of aromatic hydroxyl groups is 1. The summed E-state index contributed by atoms with van der Waals surface area (Å²) in [5.41, 5.74) is 1.52. The van der Waals surface area contributed by atoms with Crippen LogP contribution in [-0.4, -0.2) is 34.7 Å². The van der Waals surface area contributed by atoms with Gasteiger partial charge in [0, 0.05) is 39.8 Å². The number of carbonyl (C=O) groups excluding carboxylic acids is 1. The number of para-hydroxylation sites is 1. The summed E-state index contributed by atoms with van der Waals surface area (Å²) in [5, 5.41) is 12.8. The lowest BCUT2D eigenvalue weighted by Crippen LogP contribution is -2.30. The number of hydrogen-bond acceptors (Lipinski definition) is 5. The van der Waals surface area contributed by atoms with Gasteiger partial charge in [0.15, 0.2) is 5.69 Å². The van der Waals surface area contributed by atoms with Crippen LogP contribution < -0.4 is 15.8 Å². The molecule has 0 aliphatic heterocycles. The maximum atomic E-state index is 13.0. The molecule has 0 unspecified atom stereocenters. The summed E-state index contributed by atoms with van der Waals surface area (Å²) in [6.07, 6.45) is 0.304. The molecule has 0 radical (unpaired) electrons. The zero-order chi connectivity index (χ0) is 21.8. The highest BCUT2D eigenvalue weighted by molar-refractivity contribution is 5.94. The van der Waals surface area contributed by atoms with Gasteiger partial charge in [-0.2, -0.15) is 0 Å². The maximum Gasteiger partial charge on any atom is 0.296 e. The van der Waals surface area contributed by atoms with E-state index >= 15 is 0 Å². The minimum absolute atomic E-state index is 0.105. The first-order valence-electron chi connectivity index (χ1n) is 9.34. The fourth-order valence-corrected chi connectivity index (χ4v) is 3.09. The molecule has 30 heavy (non-hydrogen) atoms. The van der Waals surface area contributed by atoms with E-state index in [9.17, 15) is 19.1 Å². The summed E-state index contributed by atoms with van der Waals surface area (Å²) in [5.74, 6) is -1.42. The van der Waals surface area contributed by atoms with Crippen LogP contribution in [0, 0.1) is 5.82 Å². The molecular formula is C22H23FN4O3. The van der Waals surface area contributed by atoms with E-state index in [1.165, 1.54) is 35.9 Å². The number of halogens is 1. The Hall–Kier alpha value is -3.68. The van der Waals surface area contributed by atoms with E-state index in [-0.39, 0.29) is 18.1 Å². The normalized spacial score (nSPS) is 10.7. The maximum absolute atomic E-state index is 13.0. The van der Waals surface area contributed by atoms with Gasteiger partial charge in [0.1, 0.15) is 11.6 Å². The van der Waals surface area contributed by atoms with Crippen LogP contribution in [0.25, 0.3) is 0 Å². The second-order valence-electron chi connectivity index (χ2n) is 7.10. The number of nitrogens with zero attached hydrogens (tertiary/aromatic N) is 3. The van der Waals surface area contributed by atoms with Crippen molar-refractivity contribution in [2.24, 2.45) is 7.05 Å². The van der Waals surface area contributed by atoms with E-state index in [1.54, 1.807) is 0 Å². The fourth-order valence-electron chi connectivity index (χ4n) is 3.09. The first-order valence-corrected chi connectivity index (χ1v) is 9.34. The molecule has 1 aromatic heterocycles. The van der Waals surface area contributed by atoms with E-state index in [4.69, 9.17) is 0 Å². The summed E-state index contributed by atoms with van der Waals surface area (Å²) in [6, 6.07) is 13.3. The Morgan fingerprint density at radius 3 is 2.50 bits per heavy atom. The van der Waals surface area contributed by atoms with Crippen molar-refractivity contribution in [3.63, 3.8) is 0 Å². The van der Waals surface area contributed by atoms with Crippen molar-refractivity contribution in [3.8, 4) is 5.75 Å². The highest BCUT2D eigenvalue weighted by Crippen LogP contribution is 2.21. The number of amides is 1. The van der Waals surface area contributed by atoms with Gasteiger partial charge in [-0.3, -0.25) is 14.2 Å². The van der Waals surface area contributed by atoms with Crippen LogP contribution in [0.15, 0.2) is 53.3 Å². The Morgan fingerprint density at radius 2 is 1.83 bits per heavy atom. The van der Waals surface area contributed by atoms with Crippen molar-refractivity contribution in [3.05, 3.63) is 87.3 Å². The highest BCUT2D eigenvalue weighted by atomic mass is 19.1. The second kappa shape index (κ2) is 8.77. The molecule has 3 rings (SSSR count). The van der Waals surface area contributed by atoms with Crippen molar-refractivity contribution < 1.29 is 14.3 Å². The van der Waals surface area contributed by atoms with Gasteiger partial charge in [0.2, 0.25) is 5.75 Å². The molecule has 0 fully saturated rings. The molecule has 1 heterocycles. The summed E-state index contributed by atoms with van der Waals surface area (Å²) < 4.78 is 14.3. The number of anilines is 1. The second-order valence-corrected chi connectivity index (χ2v) is 7.10. The van der Waals surface area contributed by atoms with Crippen molar-refractivity contribution in [1.82, 2.24) is 14.9 Å². The minimum atomic E-state index is -0.709. The molecule has 0 saturated carbocycles. The van der Waals surface area contributed by atoms with Crippen LogP contribution in [-0.2, 0) is 20.0 Å². The van der Waals surface area contributed by atoms with E-state index < -0.39 is 17.2 Å². The first-order chi connectivity index (χ1) is 14.3. The third-order valence-electron chi connectivity index (χ3n) is 4.76. The largest absolute Gasteiger partial charge is 0.501 e. The minimum Gasteiger partial charge on any atom is -0.501 e. The topological polar surface area (TPSA) is 87.5 Å². The van der Waals surface area contributed by atoms with Crippen molar-refractivity contribution >= 4 is 11.6 Å². The molecule has 2 aromatic carbocycles. The van der Waals surface area contributed by atoms with Crippen molar-refractivity contribution in [2.75, 3.05) is 19.0 Å². The molecule has 156 valence electrons. The smallest absolute Gasteiger partial charge is 0.296 e. The summed E-state index contributed by atoms with van der Waals surface area (Å²) >= 11 is 0. The predicted molar refractivity (Wildman–Crippen MR) is 112 cm³/mol. The molecule has 0 atom stereocenters. The van der Waals surface area contributed by atoms with Crippen molar-refractivity contribution in [2.45, 2.75) is 13.0 Å². The van der Waals surface area contributed by atoms with Crippen LogP contribution in [0.1, 0.15) is 27.4 Å². The molecule has 8 heteroatoms. The average molecular weight is 410 g/mol. The van der Waals surface area contributed by atoms with Crippen LogP contribution in [0.2, 0.25) is 0 Å². The fraction of sp³-hybridized carbons (Fsp3) is 0.227. The lowest BCUT2D eigenvalue weighted by Gasteiger charge is -2.18. The Labute approximate surface area is 173 Å². The molecule has 1 amide bonds. The SMILES string of the molecule is CN(C)c1ccccc1Cc1nc(C(=O)NCc2ccc(F)cc2)c(O)c(=O)n1C. The Morgan fingerprint density at radius 1 is 1.17 bits per heavy atom. The quantitative estimate of drug-likeness (QED) is 0.651. The third-order valence-corrected chi connectivity index (χ3v) is 4.76. The zero-order valence-electron chi connectivity index (χ0n) is 17.0. The predicted octanol–water partition coefficient (Wildman–Crippen LogP) is 2.21. The molecule has 0 aliphatic rings.